The molecule has 0 radical (unpaired) electrons. The second kappa shape index (κ2) is 12.4. The van der Waals surface area contributed by atoms with Crippen molar-refractivity contribution in [2.75, 3.05) is 46.6 Å². The molecule has 0 aromatic heterocycles. The maximum absolute atomic E-state index is 12.9. The minimum atomic E-state index is -1.33. The topological polar surface area (TPSA) is 51.2 Å². The van der Waals surface area contributed by atoms with Crippen molar-refractivity contribution in [3.63, 3.8) is 0 Å². The molecule has 1 N–H and O–H groups in total. The van der Waals surface area contributed by atoms with Crippen LogP contribution in [-0.2, 0) is 10.3 Å². The van der Waals surface area contributed by atoms with Gasteiger partial charge in [-0.2, -0.15) is 0 Å². The molecule has 0 bridgehead atoms. The summed E-state index contributed by atoms with van der Waals surface area (Å²) >= 11 is 0. The van der Waals surface area contributed by atoms with Crippen molar-refractivity contribution >= 4 is 0 Å². The first-order valence-corrected chi connectivity index (χ1v) is 13.0. The first-order chi connectivity index (χ1) is 17.5. The van der Waals surface area contributed by atoms with Crippen LogP contribution in [0.5, 0.6) is 11.5 Å². The highest BCUT2D eigenvalue weighted by Crippen LogP contribution is 2.46. The molecule has 36 heavy (non-hydrogen) atoms. The molecule has 0 spiro atoms. The summed E-state index contributed by atoms with van der Waals surface area (Å²) < 4.78 is 17.3. The lowest BCUT2D eigenvalue weighted by atomic mass is 9.72. The molecule has 1 fully saturated rings. The third kappa shape index (κ3) is 6.09. The van der Waals surface area contributed by atoms with Gasteiger partial charge in [0.25, 0.3) is 0 Å². The number of methoxy groups -OCH3 is 1. The van der Waals surface area contributed by atoms with E-state index in [9.17, 15) is 5.11 Å². The molecule has 5 heteroatoms. The minimum absolute atomic E-state index is 0.235. The van der Waals surface area contributed by atoms with Crippen LogP contribution in [0.1, 0.15) is 42.9 Å². The molecule has 0 amide bonds. The van der Waals surface area contributed by atoms with Gasteiger partial charge in [-0.1, -0.05) is 74.5 Å². The fraction of sp³-hybridized carbons (Fsp3) is 0.419. The van der Waals surface area contributed by atoms with Gasteiger partial charge < -0.3 is 19.3 Å². The second-order valence-electron chi connectivity index (χ2n) is 9.90. The fourth-order valence-corrected chi connectivity index (χ4v) is 4.93. The molecule has 0 saturated carbocycles. The van der Waals surface area contributed by atoms with E-state index in [0.717, 1.165) is 42.0 Å². The van der Waals surface area contributed by atoms with E-state index in [0.29, 0.717) is 38.0 Å². The molecule has 192 valence electrons. The van der Waals surface area contributed by atoms with Crippen molar-refractivity contribution in [1.82, 2.24) is 4.90 Å². The van der Waals surface area contributed by atoms with Gasteiger partial charge in [-0.3, -0.25) is 4.90 Å². The van der Waals surface area contributed by atoms with Crippen LogP contribution in [0.15, 0.2) is 78.9 Å². The van der Waals surface area contributed by atoms with Crippen LogP contribution >= 0.6 is 0 Å². The zero-order valence-electron chi connectivity index (χ0n) is 21.7. The lowest BCUT2D eigenvalue weighted by Gasteiger charge is -2.41. The summed E-state index contributed by atoms with van der Waals surface area (Å²) in [6, 6.07) is 26.0. The molecule has 3 aromatic rings. The quantitative estimate of drug-likeness (QED) is 0.387. The molecule has 4 rings (SSSR count). The van der Waals surface area contributed by atoms with Gasteiger partial charge in [0.15, 0.2) is 0 Å². The maximum atomic E-state index is 12.9. The van der Waals surface area contributed by atoms with Crippen molar-refractivity contribution in [1.29, 1.82) is 0 Å². The van der Waals surface area contributed by atoms with Crippen LogP contribution in [0.25, 0.3) is 0 Å². The van der Waals surface area contributed by atoms with Crippen LogP contribution in [0.4, 0.5) is 0 Å². The van der Waals surface area contributed by atoms with Gasteiger partial charge in [-0.15, -0.1) is 0 Å². The van der Waals surface area contributed by atoms with Crippen molar-refractivity contribution in [2.45, 2.75) is 31.8 Å². The minimum Gasteiger partial charge on any atom is -0.496 e. The Kier molecular flexibility index (Phi) is 9.03. The summed E-state index contributed by atoms with van der Waals surface area (Å²) in [7, 11) is 1.66. The van der Waals surface area contributed by atoms with Crippen LogP contribution in [0.3, 0.4) is 0 Å². The van der Waals surface area contributed by atoms with E-state index in [-0.39, 0.29) is 5.92 Å². The maximum Gasteiger partial charge on any atom is 0.126 e. The third-order valence-electron chi connectivity index (χ3n) is 7.03. The summed E-state index contributed by atoms with van der Waals surface area (Å²) in [5, 5.41) is 12.9. The Bertz CT molecular complexity index is 1060. The highest BCUT2D eigenvalue weighted by Gasteiger charge is 2.44. The summed E-state index contributed by atoms with van der Waals surface area (Å²) in [5.74, 6) is 1.83. The first kappa shape index (κ1) is 26.2. The molecule has 0 unspecified atom stereocenters. The summed E-state index contributed by atoms with van der Waals surface area (Å²) in [4.78, 5) is 2.38. The van der Waals surface area contributed by atoms with Crippen LogP contribution < -0.4 is 9.47 Å². The van der Waals surface area contributed by atoms with E-state index < -0.39 is 5.60 Å². The second-order valence-corrected chi connectivity index (χ2v) is 9.90. The lowest BCUT2D eigenvalue weighted by Crippen LogP contribution is -2.45. The standard InChI is InChI=1S/C31H39NO4/c1-24(2)17-20-36-27-15-13-26(14-16-27)31(33,28-11-7-8-12-30(28)34-3)29(25-9-5-4-6-10-25)23-32-18-21-35-22-19-32/h4-16,24,29,33H,17-23H2,1-3H3/t29-,31+/m0/s1. The number of aliphatic hydroxyl groups is 1. The summed E-state index contributed by atoms with van der Waals surface area (Å²) in [6.45, 7) is 8.85. The number of hydrogen-bond donors (Lipinski definition) is 1. The predicted octanol–water partition coefficient (Wildman–Crippen LogP) is 5.47. The number of benzene rings is 3. The molecule has 1 saturated heterocycles. The van der Waals surface area contributed by atoms with Gasteiger partial charge in [-0.25, -0.2) is 0 Å². The average molecular weight is 490 g/mol. The first-order valence-electron chi connectivity index (χ1n) is 13.0. The van der Waals surface area contributed by atoms with Crippen LogP contribution in [0.2, 0.25) is 0 Å². The Morgan fingerprint density at radius 3 is 2.25 bits per heavy atom. The van der Waals surface area contributed by atoms with Gasteiger partial charge in [0.2, 0.25) is 0 Å². The molecule has 1 heterocycles. The van der Waals surface area contributed by atoms with E-state index in [1.807, 2.05) is 66.7 Å². The Morgan fingerprint density at radius 2 is 1.58 bits per heavy atom. The molecular formula is C31H39NO4. The average Bonchev–Trinajstić information content (AvgIpc) is 2.92. The zero-order chi connectivity index (χ0) is 25.4. The number of hydrogen-bond acceptors (Lipinski definition) is 5. The van der Waals surface area contributed by atoms with Gasteiger partial charge in [0.1, 0.15) is 17.1 Å². The molecule has 1 aliphatic heterocycles. The SMILES string of the molecule is COc1ccccc1[C@](O)(c1ccc(OCCC(C)C)cc1)[C@@H](CN1CCOCC1)c1ccccc1. The third-order valence-corrected chi connectivity index (χ3v) is 7.03. The molecule has 1 aliphatic rings. The van der Waals surface area contributed by atoms with Gasteiger partial charge >= 0.3 is 0 Å². The van der Waals surface area contributed by atoms with Crippen LogP contribution in [0, 0.1) is 5.92 Å². The van der Waals surface area contributed by atoms with E-state index in [4.69, 9.17) is 14.2 Å². The van der Waals surface area contributed by atoms with Crippen molar-refractivity contribution in [3.8, 4) is 11.5 Å². The monoisotopic (exact) mass is 489 g/mol. The fourth-order valence-electron chi connectivity index (χ4n) is 4.93. The van der Waals surface area contributed by atoms with Gasteiger partial charge in [0.05, 0.1) is 26.9 Å². The molecule has 2 atom stereocenters. The lowest BCUT2D eigenvalue weighted by molar-refractivity contribution is -0.000154. The summed E-state index contributed by atoms with van der Waals surface area (Å²) in [5.41, 5.74) is 1.31. The van der Waals surface area contributed by atoms with Crippen LogP contribution in [-0.4, -0.2) is 56.6 Å². The van der Waals surface area contributed by atoms with E-state index in [1.54, 1.807) is 7.11 Å². The van der Waals surface area contributed by atoms with E-state index in [1.165, 1.54) is 0 Å². The highest BCUT2D eigenvalue weighted by atomic mass is 16.5. The Balaban J connectivity index is 1.78. The van der Waals surface area contributed by atoms with Gasteiger partial charge in [-0.05, 0) is 41.7 Å². The molecule has 0 aliphatic carbocycles. The Morgan fingerprint density at radius 1 is 0.917 bits per heavy atom. The molecular weight excluding hydrogens is 450 g/mol. The molecule has 5 nitrogen and oxygen atoms in total. The van der Waals surface area contributed by atoms with Crippen molar-refractivity contribution < 1.29 is 19.3 Å². The summed E-state index contributed by atoms with van der Waals surface area (Å²) in [6.07, 6.45) is 1.00. The van der Waals surface area contributed by atoms with E-state index in [2.05, 4.69) is 30.9 Å². The van der Waals surface area contributed by atoms with E-state index >= 15 is 0 Å². The number of ether oxygens (including phenoxy) is 3. The largest absolute Gasteiger partial charge is 0.496 e. The molecule has 3 aromatic carbocycles. The smallest absolute Gasteiger partial charge is 0.126 e. The highest BCUT2D eigenvalue weighted by molar-refractivity contribution is 5.49. The number of para-hydroxylation sites is 1. The van der Waals surface area contributed by atoms with Gasteiger partial charge in [0, 0.05) is 31.1 Å². The predicted molar refractivity (Wildman–Crippen MR) is 144 cm³/mol. The normalized spacial score (nSPS) is 16.9. The number of rotatable bonds is 11. The zero-order valence-corrected chi connectivity index (χ0v) is 21.7. The number of morpholine rings is 1. The van der Waals surface area contributed by atoms with Crippen molar-refractivity contribution in [2.24, 2.45) is 5.92 Å². The van der Waals surface area contributed by atoms with Crippen molar-refractivity contribution in [3.05, 3.63) is 95.6 Å². The number of nitrogens with zero attached hydrogens (tertiary/aromatic N) is 1. The Hall–Kier alpha value is -2.86. The Labute approximate surface area is 215 Å².